The molecule has 0 spiro atoms. The zero-order valence-electron chi connectivity index (χ0n) is 18.8. The minimum atomic E-state index is -5.03. The number of hydrogen-bond donors (Lipinski definition) is 1. The normalized spacial score (nSPS) is 14.6. The molecule has 1 amide bonds. The van der Waals surface area contributed by atoms with Crippen LogP contribution >= 0.6 is 20.8 Å². The summed E-state index contributed by atoms with van der Waals surface area (Å²) < 4.78 is 79.3. The molecule has 3 aromatic rings. The first kappa shape index (κ1) is 27.2. The Morgan fingerprint density at radius 2 is 1.23 bits per heavy atom. The topological polar surface area (TPSA) is 29.1 Å². The van der Waals surface area contributed by atoms with Gasteiger partial charge in [0.05, 0.1) is 0 Å². The molecule has 0 bridgehead atoms. The van der Waals surface area contributed by atoms with Gasteiger partial charge in [-0.15, -0.1) is 0 Å². The van der Waals surface area contributed by atoms with E-state index in [0.717, 1.165) is 10.6 Å². The van der Waals surface area contributed by atoms with Gasteiger partial charge >= 0.3 is 207 Å². The Morgan fingerprint density at radius 3 is 1.60 bits per heavy atom. The average molecular weight is 578 g/mol. The number of nitrogens with one attached hydrogen (secondary N) is 1. The summed E-state index contributed by atoms with van der Waals surface area (Å²) in [6, 6.07) is 19.4. The second-order valence-corrected chi connectivity index (χ2v) is 19.1. The molecular formula is C25H23BrF6NOP. The van der Waals surface area contributed by atoms with Crippen molar-refractivity contribution < 1.29 is 31.1 Å². The number of benzene rings is 3. The molecule has 0 saturated heterocycles. The molecule has 0 heterocycles. The fourth-order valence-electron chi connectivity index (χ4n) is 4.08. The molecule has 0 radical (unpaired) electrons. The fourth-order valence-corrected chi connectivity index (χ4v) is 10.8. The van der Waals surface area contributed by atoms with Gasteiger partial charge in [-0.1, -0.05) is 0 Å². The van der Waals surface area contributed by atoms with Crippen molar-refractivity contribution in [3.8, 4) is 0 Å². The van der Waals surface area contributed by atoms with Crippen LogP contribution in [-0.2, 0) is 12.4 Å². The molecule has 10 heteroatoms. The number of halogens is 7. The molecule has 1 atom stereocenters. The third-order valence-corrected chi connectivity index (χ3v) is 13.8. The average Bonchev–Trinajstić information content (AvgIpc) is 2.78. The summed E-state index contributed by atoms with van der Waals surface area (Å²) in [5.74, 6) is -1.01. The molecule has 0 aliphatic carbocycles. The van der Waals surface area contributed by atoms with Gasteiger partial charge in [0, 0.05) is 0 Å². The second kappa shape index (κ2) is 9.58. The molecule has 0 aliphatic rings. The summed E-state index contributed by atoms with van der Waals surface area (Å²) >= 11 is 4.01. The van der Waals surface area contributed by atoms with Gasteiger partial charge in [-0.2, -0.15) is 0 Å². The number of carbonyl (C=O) groups is 1. The van der Waals surface area contributed by atoms with E-state index in [4.69, 9.17) is 0 Å². The van der Waals surface area contributed by atoms with E-state index in [1.807, 2.05) is 67.3 Å². The van der Waals surface area contributed by atoms with Crippen LogP contribution in [0.5, 0.6) is 0 Å². The van der Waals surface area contributed by atoms with Crippen LogP contribution in [0.3, 0.4) is 0 Å². The van der Waals surface area contributed by atoms with Crippen LogP contribution < -0.4 is 15.9 Å². The standard InChI is InChI=1S/C25H23BrF6NOP/c1-17(16-35(2,26,21-9-5-3-6-10-21)22-11-7-4-8-12-22)33-23(34)18-13-19(24(27,28)29)15-20(14-18)25(30,31)32/h3-15,17H,16H2,1-2H3,(H,33,34)/t17-/m0/s1. The molecule has 3 aromatic carbocycles. The van der Waals surface area contributed by atoms with Gasteiger partial charge in [0.25, 0.3) is 0 Å². The van der Waals surface area contributed by atoms with E-state index in [1.165, 1.54) is 0 Å². The number of hydrogen-bond acceptors (Lipinski definition) is 1. The van der Waals surface area contributed by atoms with Crippen molar-refractivity contribution in [1.29, 1.82) is 0 Å². The summed E-state index contributed by atoms with van der Waals surface area (Å²) in [6.45, 7) is 3.72. The number of alkyl halides is 6. The molecule has 0 fully saturated rings. The van der Waals surface area contributed by atoms with Gasteiger partial charge in [0.1, 0.15) is 0 Å². The molecule has 1 N–H and O–H groups in total. The Balaban J connectivity index is 1.96. The third kappa shape index (κ3) is 6.07. The summed E-state index contributed by atoms with van der Waals surface area (Å²) in [5.41, 5.74) is -3.77. The van der Waals surface area contributed by atoms with Crippen molar-refractivity contribution in [3.63, 3.8) is 0 Å². The van der Waals surface area contributed by atoms with Crippen molar-refractivity contribution in [2.45, 2.75) is 25.3 Å². The summed E-state index contributed by atoms with van der Waals surface area (Å²) in [4.78, 5) is 12.8. The quantitative estimate of drug-likeness (QED) is 0.248. The predicted molar refractivity (Wildman–Crippen MR) is 132 cm³/mol. The van der Waals surface area contributed by atoms with E-state index in [-0.39, 0.29) is 6.07 Å². The molecule has 35 heavy (non-hydrogen) atoms. The Hall–Kier alpha value is -2.38. The van der Waals surface area contributed by atoms with Gasteiger partial charge in [0.15, 0.2) is 0 Å². The SMILES string of the molecule is C[C@@H](CP(C)(Br)(c1ccccc1)c1ccccc1)NC(=O)c1cc(C(F)(F)F)cc(C(F)(F)F)c1. The molecular weight excluding hydrogens is 555 g/mol. The molecule has 0 saturated carbocycles. The maximum atomic E-state index is 13.2. The van der Waals surface area contributed by atoms with E-state index in [1.54, 1.807) is 6.92 Å². The number of carbonyl (C=O) groups excluding carboxylic acids is 1. The van der Waals surface area contributed by atoms with E-state index in [9.17, 15) is 31.1 Å². The maximum absolute atomic E-state index is 13.2. The summed E-state index contributed by atoms with van der Waals surface area (Å²) in [6.07, 6.45) is -9.70. The zero-order valence-corrected chi connectivity index (χ0v) is 21.3. The van der Waals surface area contributed by atoms with Crippen molar-refractivity contribution in [2.24, 2.45) is 0 Å². The molecule has 0 unspecified atom stereocenters. The van der Waals surface area contributed by atoms with Crippen molar-refractivity contribution in [2.75, 3.05) is 12.8 Å². The van der Waals surface area contributed by atoms with Crippen molar-refractivity contribution >= 4 is 37.3 Å². The monoisotopic (exact) mass is 577 g/mol. The predicted octanol–water partition coefficient (Wildman–Crippen LogP) is 6.99. The molecule has 0 aromatic heterocycles. The van der Waals surface area contributed by atoms with Gasteiger partial charge < -0.3 is 0 Å². The Morgan fingerprint density at radius 1 is 0.829 bits per heavy atom. The Bertz CT molecular complexity index is 1120. The number of amides is 1. The summed E-state index contributed by atoms with van der Waals surface area (Å²) in [5, 5.41) is 1.50. The first-order valence-corrected chi connectivity index (χ1v) is 15.4. The van der Waals surface area contributed by atoms with Crippen molar-refractivity contribution in [3.05, 3.63) is 95.6 Å². The van der Waals surface area contributed by atoms with Gasteiger partial charge in [-0.25, -0.2) is 0 Å². The van der Waals surface area contributed by atoms with E-state index >= 15 is 0 Å². The van der Waals surface area contributed by atoms with Crippen LogP contribution in [0, 0.1) is 0 Å². The number of rotatable bonds is 6. The van der Waals surface area contributed by atoms with Crippen LogP contribution in [0.2, 0.25) is 0 Å². The van der Waals surface area contributed by atoms with Crippen molar-refractivity contribution in [1.82, 2.24) is 5.32 Å². The minimum absolute atomic E-state index is 0.00204. The first-order valence-electron chi connectivity index (χ1n) is 10.5. The van der Waals surface area contributed by atoms with Crippen LogP contribution in [0.4, 0.5) is 26.3 Å². The molecule has 3 rings (SSSR count). The zero-order chi connectivity index (χ0) is 26.1. The van der Waals surface area contributed by atoms with Crippen LogP contribution in [0.1, 0.15) is 28.4 Å². The molecule has 188 valence electrons. The van der Waals surface area contributed by atoms with E-state index in [2.05, 4.69) is 20.8 Å². The molecule has 0 aliphatic heterocycles. The van der Waals surface area contributed by atoms with E-state index in [0.29, 0.717) is 18.3 Å². The van der Waals surface area contributed by atoms with Gasteiger partial charge in [-0.05, 0) is 0 Å². The van der Waals surface area contributed by atoms with Crippen LogP contribution in [0.25, 0.3) is 0 Å². The van der Waals surface area contributed by atoms with Gasteiger partial charge in [0.2, 0.25) is 0 Å². The summed E-state index contributed by atoms with van der Waals surface area (Å²) in [7, 11) is 0. The third-order valence-electron chi connectivity index (χ3n) is 5.78. The van der Waals surface area contributed by atoms with E-state index < -0.39 is 46.3 Å². The van der Waals surface area contributed by atoms with Gasteiger partial charge in [-0.3, -0.25) is 0 Å². The second-order valence-electron chi connectivity index (χ2n) is 8.67. The first-order chi connectivity index (χ1) is 16.1. The van der Waals surface area contributed by atoms with Crippen LogP contribution in [-0.4, -0.2) is 24.8 Å². The fraction of sp³-hybridized carbons (Fsp3) is 0.240. The Kier molecular flexibility index (Phi) is 7.45. The molecule has 2 nitrogen and oxygen atoms in total. The Labute approximate surface area is 207 Å². The van der Waals surface area contributed by atoms with Crippen LogP contribution in [0.15, 0.2) is 78.9 Å².